The predicted molar refractivity (Wildman–Crippen MR) is 131 cm³/mol. The Labute approximate surface area is 217 Å². The number of methoxy groups -OCH3 is 1. The molecule has 13 nitrogen and oxygen atoms in total. The molecule has 2 aromatic carbocycles. The van der Waals surface area contributed by atoms with E-state index < -0.39 is 60.1 Å². The summed E-state index contributed by atoms with van der Waals surface area (Å²) in [7, 11) is 1.26. The number of hydrogen-bond donors (Lipinski definition) is 5. The van der Waals surface area contributed by atoms with Gasteiger partial charge in [-0.1, -0.05) is 0 Å². The summed E-state index contributed by atoms with van der Waals surface area (Å²) >= 11 is 0. The van der Waals surface area contributed by atoms with Crippen LogP contribution in [0.4, 0.5) is 24.5 Å². The maximum absolute atomic E-state index is 13.3. The summed E-state index contributed by atoms with van der Waals surface area (Å²) in [5.41, 5.74) is 8.26. The van der Waals surface area contributed by atoms with Crippen LogP contribution in [0.5, 0.6) is 5.75 Å². The Morgan fingerprint density at radius 1 is 1.18 bits per heavy atom. The number of benzene rings is 2. The number of carbonyl (C=O) groups excluding carboxylic acids is 2. The Morgan fingerprint density at radius 3 is 2.49 bits per heavy atom. The number of hydrogen-bond acceptors (Lipinski definition) is 8. The van der Waals surface area contributed by atoms with Crippen molar-refractivity contribution in [1.29, 1.82) is 0 Å². The van der Waals surface area contributed by atoms with Crippen molar-refractivity contribution in [2.24, 2.45) is 21.6 Å². The Balaban J connectivity index is 1.84. The third-order valence-corrected chi connectivity index (χ3v) is 5.27. The van der Waals surface area contributed by atoms with Crippen molar-refractivity contribution in [2.75, 3.05) is 13.7 Å². The van der Waals surface area contributed by atoms with Crippen LogP contribution < -0.4 is 26.8 Å². The number of guanidine groups is 1. The lowest BCUT2D eigenvalue weighted by atomic mass is 9.99. The number of aliphatic imine (C=N–C) groups is 1. The van der Waals surface area contributed by atoms with Crippen molar-refractivity contribution in [3.8, 4) is 5.75 Å². The smallest absolute Gasteiger partial charge is 0.416 e. The molecule has 206 valence electrons. The van der Waals surface area contributed by atoms with E-state index in [1.807, 2.05) is 0 Å². The van der Waals surface area contributed by atoms with E-state index in [9.17, 15) is 37.6 Å². The summed E-state index contributed by atoms with van der Waals surface area (Å²) in [6.07, 6.45) is -4.23. The summed E-state index contributed by atoms with van der Waals surface area (Å²) in [5, 5.41) is 17.2. The number of amides is 2. The molecule has 16 heteroatoms. The van der Waals surface area contributed by atoms with E-state index in [1.165, 1.54) is 25.5 Å². The molecule has 3 aromatic rings. The van der Waals surface area contributed by atoms with E-state index in [0.717, 1.165) is 6.07 Å². The first-order valence-corrected chi connectivity index (χ1v) is 10.9. The zero-order valence-electron chi connectivity index (χ0n) is 20.0. The van der Waals surface area contributed by atoms with Gasteiger partial charge < -0.3 is 36.4 Å². The maximum Gasteiger partial charge on any atom is 0.416 e. The number of furan rings is 1. The maximum atomic E-state index is 13.3. The van der Waals surface area contributed by atoms with Crippen LogP contribution in [0.15, 0.2) is 51.2 Å². The van der Waals surface area contributed by atoms with Gasteiger partial charge >= 0.3 is 12.1 Å². The molecule has 1 heterocycles. The molecule has 0 radical (unpaired) electrons. The lowest BCUT2D eigenvalue weighted by molar-refractivity contribution is -0.138. The van der Waals surface area contributed by atoms with Crippen LogP contribution in [0, 0.1) is 4.91 Å². The van der Waals surface area contributed by atoms with Gasteiger partial charge in [0.15, 0.2) is 17.4 Å². The second-order valence-electron chi connectivity index (χ2n) is 7.97. The normalized spacial score (nSPS) is 11.9. The summed E-state index contributed by atoms with van der Waals surface area (Å²) in [4.78, 5) is 51.8. The van der Waals surface area contributed by atoms with E-state index in [0.29, 0.717) is 17.5 Å². The van der Waals surface area contributed by atoms with Crippen LogP contribution in [0.3, 0.4) is 0 Å². The van der Waals surface area contributed by atoms with E-state index >= 15 is 0 Å². The summed E-state index contributed by atoms with van der Waals surface area (Å²) in [6.45, 7) is -0.771. The number of aliphatic carboxylic acids is 1. The number of carbonyl (C=O) groups is 3. The lowest BCUT2D eigenvalue weighted by Gasteiger charge is -2.20. The molecule has 1 aromatic heterocycles. The van der Waals surface area contributed by atoms with Gasteiger partial charge in [0.25, 0.3) is 5.91 Å². The number of carboxylic acids is 1. The van der Waals surface area contributed by atoms with E-state index in [1.54, 1.807) is 0 Å². The molecule has 0 fully saturated rings. The minimum Gasteiger partial charge on any atom is -0.494 e. The number of nitrogens with two attached hydrogens (primary N) is 2. The van der Waals surface area contributed by atoms with Crippen molar-refractivity contribution in [1.82, 2.24) is 10.6 Å². The van der Waals surface area contributed by atoms with E-state index in [-0.39, 0.29) is 28.3 Å². The highest BCUT2D eigenvalue weighted by atomic mass is 19.4. The van der Waals surface area contributed by atoms with Gasteiger partial charge in [0.2, 0.25) is 5.91 Å². The second kappa shape index (κ2) is 11.5. The Hall–Kier alpha value is -5.15. The molecule has 1 atom stereocenters. The molecular formula is C23H21F3N6O7. The lowest BCUT2D eigenvalue weighted by Crippen LogP contribution is -2.39. The number of alkyl halides is 3. The first-order valence-electron chi connectivity index (χ1n) is 10.9. The molecule has 0 bridgehead atoms. The van der Waals surface area contributed by atoms with Crippen LogP contribution >= 0.6 is 0 Å². The van der Waals surface area contributed by atoms with Crippen molar-refractivity contribution in [3.05, 3.63) is 58.2 Å². The number of ether oxygens (including phenoxy) is 1. The molecule has 0 saturated carbocycles. The SMILES string of the molecule is COc1c(N=O)c(C(CC(=O)O)NC(=O)CNC(=O)c2cc(N=C(N)N)cc(C(F)(F)F)c2)cc2occc12. The molecule has 3 rings (SSSR count). The quantitative estimate of drug-likeness (QED) is 0.142. The summed E-state index contributed by atoms with van der Waals surface area (Å²) in [5.74, 6) is -3.91. The third kappa shape index (κ3) is 6.79. The van der Waals surface area contributed by atoms with Gasteiger partial charge in [0.1, 0.15) is 5.58 Å². The monoisotopic (exact) mass is 550 g/mol. The standard InChI is InChI=1S/C23H21F3N6O7/c1-38-20-13-2-3-39-16(13)7-14(19(20)32-37)15(8-18(34)35)31-17(33)9-29-21(36)10-4-11(23(24,25)26)6-12(5-10)30-22(27)28/h2-7,15H,8-9H2,1H3,(H,29,36)(H,31,33)(H,34,35)(H4,27,28,30). The van der Waals surface area contributed by atoms with Gasteiger partial charge in [0, 0.05) is 11.1 Å². The fourth-order valence-electron chi connectivity index (χ4n) is 3.70. The van der Waals surface area contributed by atoms with Crippen LogP contribution in [-0.4, -0.2) is 42.5 Å². The zero-order chi connectivity index (χ0) is 28.9. The molecule has 0 aliphatic rings. The minimum atomic E-state index is -4.83. The van der Waals surface area contributed by atoms with E-state index in [2.05, 4.69) is 20.8 Å². The Bertz CT molecular complexity index is 1460. The fraction of sp³-hybridized carbons (Fsp3) is 0.217. The molecule has 7 N–H and O–H groups in total. The molecule has 1 unspecified atom stereocenters. The van der Waals surface area contributed by atoms with E-state index in [4.69, 9.17) is 20.6 Å². The van der Waals surface area contributed by atoms with Gasteiger partial charge in [-0.2, -0.15) is 13.2 Å². The van der Waals surface area contributed by atoms with Gasteiger partial charge in [-0.3, -0.25) is 14.4 Å². The van der Waals surface area contributed by atoms with Gasteiger partial charge in [-0.05, 0) is 35.5 Å². The zero-order valence-corrected chi connectivity index (χ0v) is 20.0. The van der Waals surface area contributed by atoms with Crippen LogP contribution in [0.25, 0.3) is 11.0 Å². The van der Waals surface area contributed by atoms with Crippen LogP contribution in [-0.2, 0) is 15.8 Å². The molecule has 39 heavy (non-hydrogen) atoms. The molecule has 0 aliphatic carbocycles. The first-order chi connectivity index (χ1) is 18.3. The third-order valence-electron chi connectivity index (χ3n) is 5.27. The second-order valence-corrected chi connectivity index (χ2v) is 7.97. The highest BCUT2D eigenvalue weighted by Gasteiger charge is 2.32. The number of nitrogens with one attached hydrogen (secondary N) is 2. The Kier molecular flexibility index (Phi) is 8.37. The van der Waals surface area contributed by atoms with Crippen LogP contribution in [0.1, 0.15) is 33.9 Å². The predicted octanol–water partition coefficient (Wildman–Crippen LogP) is 2.83. The largest absolute Gasteiger partial charge is 0.494 e. The van der Waals surface area contributed by atoms with Crippen LogP contribution in [0.2, 0.25) is 0 Å². The summed E-state index contributed by atoms with van der Waals surface area (Å²) < 4.78 is 50.3. The topological polar surface area (TPSA) is 212 Å². The van der Waals surface area contributed by atoms with Crippen molar-refractivity contribution >= 4 is 46.1 Å². The molecular weight excluding hydrogens is 529 g/mol. The van der Waals surface area contributed by atoms with Crippen molar-refractivity contribution in [2.45, 2.75) is 18.6 Å². The number of carboxylic acid groups (broad SMARTS) is 1. The number of nitroso groups, excluding NO2 is 1. The number of rotatable bonds is 10. The Morgan fingerprint density at radius 2 is 1.90 bits per heavy atom. The highest BCUT2D eigenvalue weighted by Crippen LogP contribution is 2.42. The highest BCUT2D eigenvalue weighted by molar-refractivity contribution is 5.98. The molecule has 0 spiro atoms. The molecule has 0 saturated heterocycles. The summed E-state index contributed by atoms with van der Waals surface area (Å²) in [6, 6.07) is 3.63. The number of nitrogens with zero attached hydrogens (tertiary/aromatic N) is 2. The first kappa shape index (κ1) is 28.4. The fourth-order valence-corrected chi connectivity index (χ4v) is 3.70. The van der Waals surface area contributed by atoms with Gasteiger partial charge in [0.05, 0.1) is 49.0 Å². The van der Waals surface area contributed by atoms with Crippen molar-refractivity contribution in [3.63, 3.8) is 0 Å². The average Bonchev–Trinajstić information content (AvgIpc) is 3.32. The molecule has 0 aliphatic heterocycles. The number of halogens is 3. The number of fused-ring (bicyclic) bond motifs is 1. The molecule has 2 amide bonds. The van der Waals surface area contributed by atoms with Crippen molar-refractivity contribution < 1.29 is 41.8 Å². The van der Waals surface area contributed by atoms with Gasteiger partial charge in [-0.25, -0.2) is 4.99 Å². The van der Waals surface area contributed by atoms with Gasteiger partial charge in [-0.15, -0.1) is 4.91 Å². The average molecular weight is 550 g/mol. The minimum absolute atomic E-state index is 0.00897.